The molecule has 0 aromatic heterocycles. The quantitative estimate of drug-likeness (QED) is 0.520. The minimum absolute atomic E-state index is 0.391. The summed E-state index contributed by atoms with van der Waals surface area (Å²) in [6.07, 6.45) is 0. The molecule has 0 saturated carbocycles. The Labute approximate surface area is 142 Å². The maximum Gasteiger partial charge on any atom is 0.0606 e. The Morgan fingerprint density at radius 2 is 1.43 bits per heavy atom. The van der Waals surface area contributed by atoms with Gasteiger partial charge in [0.05, 0.1) is 5.25 Å². The van der Waals surface area contributed by atoms with Gasteiger partial charge in [0.25, 0.3) is 0 Å². The lowest BCUT2D eigenvalue weighted by Crippen LogP contribution is -1.94. The smallest absolute Gasteiger partial charge is 0.0606 e. The van der Waals surface area contributed by atoms with E-state index in [4.69, 9.17) is 0 Å². The molecular formula is C22H20S. The van der Waals surface area contributed by atoms with Crippen LogP contribution in [-0.2, 0) is 0 Å². The van der Waals surface area contributed by atoms with Gasteiger partial charge in [-0.1, -0.05) is 74.5 Å². The molecule has 0 fully saturated rings. The number of hydrogen-bond donors (Lipinski definition) is 0. The number of fused-ring (bicyclic) bond motifs is 3. The second-order valence-corrected chi connectivity index (χ2v) is 7.54. The van der Waals surface area contributed by atoms with Crippen LogP contribution in [0.25, 0.3) is 11.1 Å². The molecular weight excluding hydrogens is 296 g/mol. The molecule has 114 valence electrons. The Hall–Kier alpha value is -1.99. The van der Waals surface area contributed by atoms with Crippen LogP contribution in [-0.4, -0.2) is 0 Å². The SMILES string of the molecule is CC(C)c1cccc2c1-c1ccccc1C2Sc1ccccc1. The molecule has 1 aliphatic carbocycles. The van der Waals surface area contributed by atoms with E-state index in [9.17, 15) is 0 Å². The lowest BCUT2D eigenvalue weighted by atomic mass is 9.92. The molecule has 1 unspecified atom stereocenters. The number of benzene rings is 3. The molecule has 0 amide bonds. The zero-order valence-electron chi connectivity index (χ0n) is 13.5. The summed E-state index contributed by atoms with van der Waals surface area (Å²) in [6.45, 7) is 4.58. The van der Waals surface area contributed by atoms with Crippen molar-refractivity contribution in [2.45, 2.75) is 29.9 Å². The van der Waals surface area contributed by atoms with Crippen LogP contribution < -0.4 is 0 Å². The minimum Gasteiger partial charge on any atom is -0.113 e. The standard InChI is InChI=1S/C22H20S/c1-15(2)17-13-8-14-20-21(17)18-11-6-7-12-19(18)22(20)23-16-9-4-3-5-10-16/h3-15,22H,1-2H3. The van der Waals surface area contributed by atoms with Gasteiger partial charge in [0.1, 0.15) is 0 Å². The molecule has 23 heavy (non-hydrogen) atoms. The van der Waals surface area contributed by atoms with Crippen molar-refractivity contribution < 1.29 is 0 Å². The van der Waals surface area contributed by atoms with Crippen LogP contribution in [0.15, 0.2) is 77.7 Å². The first-order valence-corrected chi connectivity index (χ1v) is 9.07. The lowest BCUT2D eigenvalue weighted by Gasteiger charge is -2.15. The van der Waals surface area contributed by atoms with Crippen molar-refractivity contribution in [3.8, 4) is 11.1 Å². The molecule has 4 rings (SSSR count). The van der Waals surface area contributed by atoms with Crippen molar-refractivity contribution in [3.05, 3.63) is 89.5 Å². The third-order valence-corrected chi connectivity index (χ3v) is 5.83. The number of hydrogen-bond acceptors (Lipinski definition) is 1. The molecule has 3 aromatic rings. The lowest BCUT2D eigenvalue weighted by molar-refractivity contribution is 0.868. The van der Waals surface area contributed by atoms with Gasteiger partial charge in [-0.2, -0.15) is 0 Å². The third kappa shape index (κ3) is 2.49. The largest absolute Gasteiger partial charge is 0.113 e. The van der Waals surface area contributed by atoms with E-state index in [1.807, 2.05) is 11.8 Å². The van der Waals surface area contributed by atoms with Crippen LogP contribution >= 0.6 is 11.8 Å². The monoisotopic (exact) mass is 316 g/mol. The van der Waals surface area contributed by atoms with Crippen molar-refractivity contribution in [3.63, 3.8) is 0 Å². The zero-order valence-corrected chi connectivity index (χ0v) is 14.3. The normalized spacial score (nSPS) is 15.5. The fourth-order valence-electron chi connectivity index (χ4n) is 3.48. The number of thioether (sulfide) groups is 1. The molecule has 1 aliphatic rings. The molecule has 0 aliphatic heterocycles. The highest BCUT2D eigenvalue weighted by Gasteiger charge is 2.31. The van der Waals surface area contributed by atoms with Gasteiger partial charge in [-0.15, -0.1) is 11.8 Å². The molecule has 0 bridgehead atoms. The van der Waals surface area contributed by atoms with E-state index in [1.165, 1.54) is 32.7 Å². The summed E-state index contributed by atoms with van der Waals surface area (Å²) in [7, 11) is 0. The first-order valence-electron chi connectivity index (χ1n) is 8.19. The predicted molar refractivity (Wildman–Crippen MR) is 100 cm³/mol. The van der Waals surface area contributed by atoms with Gasteiger partial charge in [0, 0.05) is 4.90 Å². The maximum atomic E-state index is 2.31. The molecule has 0 radical (unpaired) electrons. The van der Waals surface area contributed by atoms with E-state index in [-0.39, 0.29) is 0 Å². The van der Waals surface area contributed by atoms with Crippen molar-refractivity contribution in [2.75, 3.05) is 0 Å². The average molecular weight is 316 g/mol. The van der Waals surface area contributed by atoms with Crippen molar-refractivity contribution in [1.82, 2.24) is 0 Å². The maximum absolute atomic E-state index is 2.31. The Bertz CT molecular complexity index is 834. The topological polar surface area (TPSA) is 0 Å². The van der Waals surface area contributed by atoms with E-state index in [2.05, 4.69) is 86.6 Å². The summed E-state index contributed by atoms with van der Waals surface area (Å²) in [5.74, 6) is 0.540. The van der Waals surface area contributed by atoms with Crippen molar-refractivity contribution in [2.24, 2.45) is 0 Å². The highest BCUT2D eigenvalue weighted by atomic mass is 32.2. The Morgan fingerprint density at radius 1 is 0.739 bits per heavy atom. The third-order valence-electron chi connectivity index (χ3n) is 4.54. The van der Waals surface area contributed by atoms with Gasteiger partial charge < -0.3 is 0 Å². The van der Waals surface area contributed by atoms with E-state index >= 15 is 0 Å². The van der Waals surface area contributed by atoms with Crippen molar-refractivity contribution in [1.29, 1.82) is 0 Å². The second kappa shape index (κ2) is 5.90. The summed E-state index contributed by atoms with van der Waals surface area (Å²) in [5, 5.41) is 0.391. The highest BCUT2D eigenvalue weighted by Crippen LogP contribution is 2.53. The predicted octanol–water partition coefficient (Wildman–Crippen LogP) is 6.67. The van der Waals surface area contributed by atoms with E-state index in [1.54, 1.807) is 0 Å². The summed E-state index contributed by atoms with van der Waals surface area (Å²) in [4.78, 5) is 1.33. The van der Waals surface area contributed by atoms with Crippen LogP contribution in [0.1, 0.15) is 41.7 Å². The second-order valence-electron chi connectivity index (χ2n) is 6.36. The fraction of sp³-hybridized carbons (Fsp3) is 0.182. The van der Waals surface area contributed by atoms with E-state index < -0.39 is 0 Å². The first kappa shape index (κ1) is 14.6. The summed E-state index contributed by atoms with van der Waals surface area (Å²) in [6, 6.07) is 26.4. The Morgan fingerprint density at radius 3 is 2.22 bits per heavy atom. The van der Waals surface area contributed by atoms with Gasteiger partial charge in [-0.05, 0) is 45.9 Å². The fourth-order valence-corrected chi connectivity index (χ4v) is 4.72. The summed E-state index contributed by atoms with van der Waals surface area (Å²) in [5.41, 5.74) is 7.26. The van der Waals surface area contributed by atoms with Crippen LogP contribution in [0.4, 0.5) is 0 Å². The molecule has 0 spiro atoms. The Kier molecular flexibility index (Phi) is 3.74. The van der Waals surface area contributed by atoms with E-state index in [0.29, 0.717) is 11.2 Å². The highest BCUT2D eigenvalue weighted by molar-refractivity contribution is 7.99. The van der Waals surface area contributed by atoms with Crippen LogP contribution in [0.5, 0.6) is 0 Å². The zero-order chi connectivity index (χ0) is 15.8. The molecule has 0 nitrogen and oxygen atoms in total. The van der Waals surface area contributed by atoms with Gasteiger partial charge in [-0.3, -0.25) is 0 Å². The first-order chi connectivity index (χ1) is 11.3. The molecule has 1 atom stereocenters. The van der Waals surface area contributed by atoms with Crippen molar-refractivity contribution >= 4 is 11.8 Å². The Balaban J connectivity index is 1.88. The molecule has 3 aromatic carbocycles. The van der Waals surface area contributed by atoms with Crippen LogP contribution in [0, 0.1) is 0 Å². The average Bonchev–Trinajstić information content (AvgIpc) is 2.90. The molecule has 0 heterocycles. The van der Waals surface area contributed by atoms with Crippen LogP contribution in [0.3, 0.4) is 0 Å². The molecule has 0 N–H and O–H groups in total. The van der Waals surface area contributed by atoms with Gasteiger partial charge in [0.15, 0.2) is 0 Å². The van der Waals surface area contributed by atoms with Crippen LogP contribution in [0.2, 0.25) is 0 Å². The summed E-state index contributed by atoms with van der Waals surface area (Å²) >= 11 is 1.96. The van der Waals surface area contributed by atoms with Gasteiger partial charge in [0.2, 0.25) is 0 Å². The minimum atomic E-state index is 0.391. The van der Waals surface area contributed by atoms with E-state index in [0.717, 1.165) is 0 Å². The van der Waals surface area contributed by atoms with Gasteiger partial charge in [-0.25, -0.2) is 0 Å². The number of rotatable bonds is 3. The van der Waals surface area contributed by atoms with Gasteiger partial charge >= 0.3 is 0 Å². The molecule has 1 heteroatoms. The molecule has 0 saturated heterocycles. The summed E-state index contributed by atoms with van der Waals surface area (Å²) < 4.78 is 0.